The van der Waals surface area contributed by atoms with Gasteiger partial charge in [-0.3, -0.25) is 23.4 Å². The van der Waals surface area contributed by atoms with Gasteiger partial charge in [-0.2, -0.15) is 0 Å². The van der Waals surface area contributed by atoms with Crippen LogP contribution in [0.4, 0.5) is 0 Å². The highest BCUT2D eigenvalue weighted by Crippen LogP contribution is 2.43. The van der Waals surface area contributed by atoms with Crippen molar-refractivity contribution in [1.82, 2.24) is 0 Å². The highest BCUT2D eigenvalue weighted by atomic mass is 31.2. The summed E-state index contributed by atoms with van der Waals surface area (Å²) in [6.45, 7) is 2.75. The number of hydrogen-bond acceptors (Lipinski definition) is 9. The number of carbonyl (C=O) groups excluding carboxylic acids is 2. The molecule has 0 rings (SSSR count). The fourth-order valence-corrected chi connectivity index (χ4v) is 7.17. The predicted molar refractivity (Wildman–Crippen MR) is 254 cm³/mol. The van der Waals surface area contributed by atoms with Crippen molar-refractivity contribution in [3.63, 3.8) is 0 Å². The number of aliphatic carboxylic acids is 1. The third-order valence-corrected chi connectivity index (χ3v) is 11.2. The summed E-state index contributed by atoms with van der Waals surface area (Å²) in [6.07, 6.45) is 52.8. The van der Waals surface area contributed by atoms with Crippen molar-refractivity contribution in [2.75, 3.05) is 19.8 Å². The van der Waals surface area contributed by atoms with E-state index in [9.17, 15) is 23.8 Å². The molecule has 11 nitrogen and oxygen atoms in total. The van der Waals surface area contributed by atoms with Crippen molar-refractivity contribution in [2.24, 2.45) is 5.73 Å². The summed E-state index contributed by atoms with van der Waals surface area (Å²) in [5.74, 6) is -2.42. The van der Waals surface area contributed by atoms with Gasteiger partial charge in [-0.05, 0) is 83.5 Å². The second kappa shape index (κ2) is 44.8. The maximum atomic E-state index is 12.7. The molecule has 0 bridgehead atoms. The Bertz CT molecular complexity index is 1280. The van der Waals surface area contributed by atoms with Gasteiger partial charge in [0, 0.05) is 12.8 Å². The maximum absolute atomic E-state index is 12.7. The maximum Gasteiger partial charge on any atom is 0.472 e. The fraction of sp³-hybridized carbons (Fsp3) is 0.740. The average molecular weight is 894 g/mol. The van der Waals surface area contributed by atoms with Crippen molar-refractivity contribution in [3.05, 3.63) is 60.8 Å². The van der Waals surface area contributed by atoms with Gasteiger partial charge in [-0.15, -0.1) is 0 Å². The van der Waals surface area contributed by atoms with E-state index in [1.807, 2.05) is 0 Å². The molecule has 0 amide bonds. The van der Waals surface area contributed by atoms with Gasteiger partial charge < -0.3 is 25.2 Å². The lowest BCUT2D eigenvalue weighted by Gasteiger charge is -2.20. The van der Waals surface area contributed by atoms with Crippen LogP contribution in [0, 0.1) is 0 Å². The van der Waals surface area contributed by atoms with E-state index in [0.717, 1.165) is 70.6 Å². The van der Waals surface area contributed by atoms with Gasteiger partial charge in [0.25, 0.3) is 0 Å². The number of nitrogens with two attached hydrogens (primary N) is 1. The third kappa shape index (κ3) is 43.8. The minimum absolute atomic E-state index is 0.147. The Morgan fingerprint density at radius 2 is 0.855 bits per heavy atom. The zero-order valence-electron chi connectivity index (χ0n) is 38.9. The van der Waals surface area contributed by atoms with Crippen LogP contribution in [0.2, 0.25) is 0 Å². The second-order valence-corrected chi connectivity index (χ2v) is 17.7. The fourth-order valence-electron chi connectivity index (χ4n) is 6.40. The van der Waals surface area contributed by atoms with Crippen LogP contribution in [0.5, 0.6) is 0 Å². The predicted octanol–water partition coefficient (Wildman–Crippen LogP) is 13.5. The zero-order valence-corrected chi connectivity index (χ0v) is 39.8. The highest BCUT2D eigenvalue weighted by Gasteiger charge is 2.28. The van der Waals surface area contributed by atoms with Gasteiger partial charge in [0.05, 0.1) is 13.2 Å². The Hall–Kier alpha value is -2.82. The SMILES string of the molecule is CCCCC/C=C\C/C=C\C/C=C\C/C=C\CCCCCC(=O)OC[C@H](COP(=O)(O)OC[C@H](N)C(=O)O)OC(=O)CCCCCCCCC/C=C\CCCCCCCCCC. The van der Waals surface area contributed by atoms with E-state index in [4.69, 9.17) is 24.8 Å². The molecule has 0 aliphatic carbocycles. The van der Waals surface area contributed by atoms with Crippen molar-refractivity contribution < 1.29 is 47.5 Å². The molecule has 4 N–H and O–H groups in total. The average Bonchev–Trinajstić information content (AvgIpc) is 3.25. The largest absolute Gasteiger partial charge is 0.480 e. The van der Waals surface area contributed by atoms with Gasteiger partial charge in [0.15, 0.2) is 6.10 Å². The van der Waals surface area contributed by atoms with Gasteiger partial charge >= 0.3 is 25.7 Å². The van der Waals surface area contributed by atoms with Crippen molar-refractivity contribution in [1.29, 1.82) is 0 Å². The number of carbonyl (C=O) groups is 3. The number of rotatable bonds is 45. The van der Waals surface area contributed by atoms with Crippen LogP contribution >= 0.6 is 7.82 Å². The number of hydrogen-bond donors (Lipinski definition) is 3. The van der Waals surface area contributed by atoms with Crippen LogP contribution in [0.1, 0.15) is 206 Å². The molecule has 0 saturated heterocycles. The summed E-state index contributed by atoms with van der Waals surface area (Å²) in [6, 6.07) is -1.53. The zero-order chi connectivity index (χ0) is 45.6. The first-order valence-corrected chi connectivity index (χ1v) is 25.8. The summed E-state index contributed by atoms with van der Waals surface area (Å²) in [4.78, 5) is 46.1. The Morgan fingerprint density at radius 3 is 1.34 bits per heavy atom. The molecule has 0 aromatic heterocycles. The summed E-state index contributed by atoms with van der Waals surface area (Å²) < 4.78 is 32.8. The molecule has 0 saturated carbocycles. The molecule has 3 atom stereocenters. The minimum Gasteiger partial charge on any atom is -0.480 e. The summed E-state index contributed by atoms with van der Waals surface area (Å²) >= 11 is 0. The Morgan fingerprint density at radius 1 is 0.500 bits per heavy atom. The first-order valence-electron chi connectivity index (χ1n) is 24.3. The van der Waals surface area contributed by atoms with Gasteiger partial charge in [0.1, 0.15) is 12.6 Å². The van der Waals surface area contributed by atoms with E-state index in [0.29, 0.717) is 12.8 Å². The smallest absolute Gasteiger partial charge is 0.472 e. The van der Waals surface area contributed by atoms with E-state index in [1.165, 1.54) is 96.3 Å². The molecule has 0 fully saturated rings. The minimum atomic E-state index is -4.73. The van der Waals surface area contributed by atoms with E-state index < -0.39 is 51.1 Å². The van der Waals surface area contributed by atoms with Crippen LogP contribution in [0.15, 0.2) is 60.8 Å². The molecule has 0 aliphatic rings. The molecule has 0 aromatic rings. The third-order valence-electron chi connectivity index (χ3n) is 10.2. The van der Waals surface area contributed by atoms with Crippen molar-refractivity contribution in [3.8, 4) is 0 Å². The van der Waals surface area contributed by atoms with Crippen molar-refractivity contribution in [2.45, 2.75) is 219 Å². The van der Waals surface area contributed by atoms with Crippen LogP contribution in [-0.2, 0) is 37.5 Å². The standard InChI is InChI=1S/C50H88NO10P/c1-3-5-7-9-11-13-15-17-19-21-23-25-27-29-31-33-35-37-39-41-48(52)58-43-46(44-59-62(56,57)60-45-47(51)50(54)55)61-49(53)42-40-38-36-34-32-30-28-26-24-22-20-18-16-14-12-10-8-6-4-2/h11,13,17,19,22-25,29,31,46-47H,3-10,12,14-16,18,20-21,26-28,30,32-45,51H2,1-2H3,(H,54,55)(H,56,57)/b13-11-,19-17-,24-22-,25-23-,31-29-/t46-,47+/m1/s1. The van der Waals surface area contributed by atoms with Gasteiger partial charge in [0.2, 0.25) is 0 Å². The summed E-state index contributed by atoms with van der Waals surface area (Å²) in [5, 5.41) is 8.91. The van der Waals surface area contributed by atoms with Crippen molar-refractivity contribution >= 4 is 25.7 Å². The molecule has 0 heterocycles. The molecule has 358 valence electrons. The molecule has 0 spiro atoms. The molecular weight excluding hydrogens is 806 g/mol. The number of esters is 2. The lowest BCUT2D eigenvalue weighted by Crippen LogP contribution is -2.34. The Labute approximate surface area is 377 Å². The number of ether oxygens (including phenoxy) is 2. The van der Waals surface area contributed by atoms with E-state index >= 15 is 0 Å². The summed E-state index contributed by atoms with van der Waals surface area (Å²) in [7, 11) is -4.73. The lowest BCUT2D eigenvalue weighted by atomic mass is 10.1. The molecular formula is C50H88NO10P. The number of carboxylic acid groups (broad SMARTS) is 1. The molecule has 0 radical (unpaired) electrons. The Balaban J connectivity index is 4.37. The monoisotopic (exact) mass is 894 g/mol. The van der Waals surface area contributed by atoms with Crippen LogP contribution in [0.25, 0.3) is 0 Å². The normalized spacial score (nSPS) is 14.1. The number of phosphoric acid groups is 1. The Kier molecular flexibility index (Phi) is 42.7. The second-order valence-electron chi connectivity index (χ2n) is 16.2. The lowest BCUT2D eigenvalue weighted by molar-refractivity contribution is -0.161. The molecule has 12 heteroatoms. The quantitative estimate of drug-likeness (QED) is 0.0230. The topological polar surface area (TPSA) is 172 Å². The first kappa shape index (κ1) is 59.2. The number of phosphoric ester groups is 1. The van der Waals surface area contributed by atoms with Gasteiger partial charge in [-0.25, -0.2) is 4.57 Å². The molecule has 1 unspecified atom stereocenters. The van der Waals surface area contributed by atoms with E-state index in [1.54, 1.807) is 0 Å². The molecule has 62 heavy (non-hydrogen) atoms. The summed E-state index contributed by atoms with van der Waals surface area (Å²) in [5.41, 5.74) is 5.34. The highest BCUT2D eigenvalue weighted by molar-refractivity contribution is 7.47. The first-order chi connectivity index (χ1) is 30.1. The molecule has 0 aromatic carbocycles. The van der Waals surface area contributed by atoms with E-state index in [2.05, 4.69) is 79.1 Å². The van der Waals surface area contributed by atoms with Crippen LogP contribution in [0.3, 0.4) is 0 Å². The number of unbranched alkanes of at least 4 members (excludes halogenated alkanes) is 21. The number of allylic oxidation sites excluding steroid dienone is 10. The van der Waals surface area contributed by atoms with Crippen LogP contribution in [-0.4, -0.2) is 59.9 Å². The number of carboxylic acids is 1. The molecule has 0 aliphatic heterocycles. The van der Waals surface area contributed by atoms with Crippen LogP contribution < -0.4 is 5.73 Å². The van der Waals surface area contributed by atoms with Gasteiger partial charge in [-0.1, -0.05) is 171 Å². The van der Waals surface area contributed by atoms with E-state index in [-0.39, 0.29) is 19.4 Å².